The molecule has 2 aromatic rings. The second-order valence-electron chi connectivity index (χ2n) is 6.84. The monoisotopic (exact) mass is 340 g/mol. The smallest absolute Gasteiger partial charge is 0.230 e. The summed E-state index contributed by atoms with van der Waals surface area (Å²) < 4.78 is 2.00. The van der Waals surface area contributed by atoms with Crippen molar-refractivity contribution in [3.05, 3.63) is 63.5 Å². The molecule has 130 valence electrons. The highest BCUT2D eigenvalue weighted by Gasteiger charge is 2.53. The predicted molar refractivity (Wildman–Crippen MR) is 90.5 cm³/mol. The SMILES string of the molecule is O=C(NC1CCCc2c1cnn2Cc1ccccc1)C1CC1[N+](=O)[O-]. The number of carbonyl (C=O) groups is 1. The number of benzene rings is 1. The summed E-state index contributed by atoms with van der Waals surface area (Å²) in [6.45, 7) is 0.711. The van der Waals surface area contributed by atoms with E-state index < -0.39 is 12.0 Å². The van der Waals surface area contributed by atoms with Crippen LogP contribution in [0.15, 0.2) is 36.5 Å². The van der Waals surface area contributed by atoms with E-state index in [2.05, 4.69) is 22.5 Å². The lowest BCUT2D eigenvalue weighted by Crippen LogP contribution is -2.33. The van der Waals surface area contributed by atoms with Crippen LogP contribution in [0.2, 0.25) is 0 Å². The molecular formula is C18H20N4O3. The lowest BCUT2D eigenvalue weighted by Gasteiger charge is -2.24. The number of aromatic nitrogens is 2. The van der Waals surface area contributed by atoms with Gasteiger partial charge in [0.05, 0.1) is 18.8 Å². The van der Waals surface area contributed by atoms with Crippen LogP contribution in [0, 0.1) is 16.0 Å². The van der Waals surface area contributed by atoms with Gasteiger partial charge in [-0.15, -0.1) is 0 Å². The second kappa shape index (κ2) is 6.31. The zero-order chi connectivity index (χ0) is 17.4. The molecule has 0 bridgehead atoms. The van der Waals surface area contributed by atoms with E-state index in [1.807, 2.05) is 29.1 Å². The van der Waals surface area contributed by atoms with E-state index in [-0.39, 0.29) is 16.9 Å². The molecule has 1 saturated carbocycles. The zero-order valence-electron chi connectivity index (χ0n) is 13.8. The maximum atomic E-state index is 12.3. The van der Waals surface area contributed by atoms with E-state index >= 15 is 0 Å². The fourth-order valence-corrected chi connectivity index (χ4v) is 3.64. The number of rotatable bonds is 5. The van der Waals surface area contributed by atoms with E-state index in [1.54, 1.807) is 0 Å². The number of carbonyl (C=O) groups excluding carboxylic acids is 1. The number of fused-ring (bicyclic) bond motifs is 1. The van der Waals surface area contributed by atoms with Gasteiger partial charge in [-0.1, -0.05) is 30.3 Å². The largest absolute Gasteiger partial charge is 0.349 e. The molecule has 1 fully saturated rings. The average molecular weight is 340 g/mol. The van der Waals surface area contributed by atoms with Crippen LogP contribution in [0.4, 0.5) is 0 Å². The molecule has 1 N–H and O–H groups in total. The van der Waals surface area contributed by atoms with E-state index in [0.717, 1.165) is 30.5 Å². The zero-order valence-corrected chi connectivity index (χ0v) is 13.8. The maximum Gasteiger partial charge on any atom is 0.230 e. The van der Waals surface area contributed by atoms with E-state index in [1.165, 1.54) is 5.56 Å². The molecule has 2 aliphatic carbocycles. The minimum Gasteiger partial charge on any atom is -0.349 e. The van der Waals surface area contributed by atoms with Gasteiger partial charge in [-0.2, -0.15) is 5.10 Å². The van der Waals surface area contributed by atoms with Crippen molar-refractivity contribution < 1.29 is 9.72 Å². The van der Waals surface area contributed by atoms with Gasteiger partial charge in [0, 0.05) is 22.6 Å². The summed E-state index contributed by atoms with van der Waals surface area (Å²) in [5.74, 6) is -0.671. The molecule has 25 heavy (non-hydrogen) atoms. The van der Waals surface area contributed by atoms with Gasteiger partial charge in [-0.05, 0) is 24.8 Å². The van der Waals surface area contributed by atoms with Crippen LogP contribution < -0.4 is 5.32 Å². The van der Waals surface area contributed by atoms with Gasteiger partial charge >= 0.3 is 0 Å². The molecule has 1 heterocycles. The molecule has 1 aromatic carbocycles. The number of hydrogen-bond donors (Lipinski definition) is 1. The third kappa shape index (κ3) is 3.14. The Hall–Kier alpha value is -2.70. The van der Waals surface area contributed by atoms with Gasteiger partial charge in [-0.3, -0.25) is 19.6 Å². The van der Waals surface area contributed by atoms with Crippen molar-refractivity contribution in [1.29, 1.82) is 0 Å². The first-order chi connectivity index (χ1) is 12.1. The molecule has 3 atom stereocenters. The van der Waals surface area contributed by atoms with Crippen LogP contribution in [0.5, 0.6) is 0 Å². The van der Waals surface area contributed by atoms with Crippen LogP contribution in [-0.2, 0) is 17.8 Å². The minimum atomic E-state index is -0.705. The quantitative estimate of drug-likeness (QED) is 0.666. The number of hydrogen-bond acceptors (Lipinski definition) is 4. The van der Waals surface area contributed by atoms with Gasteiger partial charge < -0.3 is 5.32 Å². The second-order valence-corrected chi connectivity index (χ2v) is 6.84. The highest BCUT2D eigenvalue weighted by Crippen LogP contribution is 2.35. The normalized spacial score (nSPS) is 24.4. The summed E-state index contributed by atoms with van der Waals surface area (Å²) in [4.78, 5) is 22.7. The number of nitrogens with zero attached hydrogens (tertiary/aromatic N) is 3. The van der Waals surface area contributed by atoms with Crippen LogP contribution in [0.25, 0.3) is 0 Å². The maximum absolute atomic E-state index is 12.3. The van der Waals surface area contributed by atoms with Gasteiger partial charge in [0.15, 0.2) is 0 Å². The first-order valence-electron chi connectivity index (χ1n) is 8.66. The number of nitro groups is 1. The van der Waals surface area contributed by atoms with E-state index in [4.69, 9.17) is 0 Å². The molecule has 7 nitrogen and oxygen atoms in total. The van der Waals surface area contributed by atoms with Gasteiger partial charge in [0.25, 0.3) is 0 Å². The summed E-state index contributed by atoms with van der Waals surface area (Å²) >= 11 is 0. The molecule has 3 unspecified atom stereocenters. The molecule has 2 aliphatic rings. The summed E-state index contributed by atoms with van der Waals surface area (Å²) in [5.41, 5.74) is 3.39. The van der Waals surface area contributed by atoms with Crippen LogP contribution >= 0.6 is 0 Å². The summed E-state index contributed by atoms with van der Waals surface area (Å²) in [7, 11) is 0. The van der Waals surface area contributed by atoms with Crippen molar-refractivity contribution in [2.24, 2.45) is 5.92 Å². The summed E-state index contributed by atoms with van der Waals surface area (Å²) in [6.07, 6.45) is 4.95. The van der Waals surface area contributed by atoms with Crippen molar-refractivity contribution in [1.82, 2.24) is 15.1 Å². The standard InChI is InChI=1S/C18H20N4O3/c23-18(13-9-17(13)22(24)25)20-15-7-4-8-16-14(15)10-19-21(16)11-12-5-2-1-3-6-12/h1-3,5-6,10,13,15,17H,4,7-9,11H2,(H,20,23). The molecular weight excluding hydrogens is 320 g/mol. The molecule has 4 rings (SSSR count). The van der Waals surface area contributed by atoms with Gasteiger partial charge in [-0.25, -0.2) is 0 Å². The Labute approximate surface area is 145 Å². The molecule has 0 aliphatic heterocycles. The highest BCUT2D eigenvalue weighted by atomic mass is 16.6. The first-order valence-corrected chi connectivity index (χ1v) is 8.66. The van der Waals surface area contributed by atoms with Crippen molar-refractivity contribution in [3.63, 3.8) is 0 Å². The number of nitrogens with one attached hydrogen (secondary N) is 1. The predicted octanol–water partition coefficient (Wildman–Crippen LogP) is 2.09. The van der Waals surface area contributed by atoms with Crippen molar-refractivity contribution >= 4 is 5.91 Å². The van der Waals surface area contributed by atoms with Crippen molar-refractivity contribution in [2.45, 2.75) is 44.3 Å². The molecule has 7 heteroatoms. The van der Waals surface area contributed by atoms with Crippen LogP contribution in [0.3, 0.4) is 0 Å². The Morgan fingerprint density at radius 1 is 1.36 bits per heavy atom. The molecule has 1 aromatic heterocycles. The van der Waals surface area contributed by atoms with Crippen LogP contribution in [-0.4, -0.2) is 26.7 Å². The number of amides is 1. The minimum absolute atomic E-state index is 0.0891. The molecule has 0 saturated heterocycles. The fraction of sp³-hybridized carbons (Fsp3) is 0.444. The van der Waals surface area contributed by atoms with Crippen molar-refractivity contribution in [3.8, 4) is 0 Å². The lowest BCUT2D eigenvalue weighted by molar-refractivity contribution is -0.497. The topological polar surface area (TPSA) is 90.1 Å². The lowest BCUT2D eigenvalue weighted by atomic mass is 9.92. The Morgan fingerprint density at radius 2 is 2.16 bits per heavy atom. The summed E-state index contributed by atoms with van der Waals surface area (Å²) in [6, 6.07) is 9.36. The van der Waals surface area contributed by atoms with E-state index in [0.29, 0.717) is 13.0 Å². The summed E-state index contributed by atoms with van der Waals surface area (Å²) in [5, 5.41) is 18.3. The Morgan fingerprint density at radius 3 is 2.88 bits per heavy atom. The van der Waals surface area contributed by atoms with Crippen molar-refractivity contribution in [2.75, 3.05) is 0 Å². The average Bonchev–Trinajstić information content (AvgIpc) is 3.33. The van der Waals surface area contributed by atoms with Gasteiger partial charge in [0.2, 0.25) is 11.9 Å². The fourth-order valence-electron chi connectivity index (χ4n) is 3.64. The van der Waals surface area contributed by atoms with Gasteiger partial charge in [0.1, 0.15) is 5.92 Å². The highest BCUT2D eigenvalue weighted by molar-refractivity contribution is 5.82. The van der Waals surface area contributed by atoms with E-state index in [9.17, 15) is 14.9 Å². The molecule has 0 radical (unpaired) electrons. The van der Waals surface area contributed by atoms with Crippen LogP contribution in [0.1, 0.15) is 42.1 Å². The first kappa shape index (κ1) is 15.8. The Bertz CT molecular complexity index is 802. The Kier molecular flexibility index (Phi) is 3.99. The Balaban J connectivity index is 1.47. The third-order valence-electron chi connectivity index (χ3n) is 5.12. The molecule has 0 spiro atoms. The third-order valence-corrected chi connectivity index (χ3v) is 5.12. The molecule has 1 amide bonds.